The topological polar surface area (TPSA) is 72.5 Å². The zero-order chi connectivity index (χ0) is 19.2. The monoisotopic (exact) mass is 407 g/mol. The summed E-state index contributed by atoms with van der Waals surface area (Å²) in [7, 11) is -3.52. The lowest BCUT2D eigenvalue weighted by Gasteiger charge is -2.25. The second-order valence-corrected chi connectivity index (χ2v) is 9.28. The lowest BCUT2D eigenvalue weighted by Crippen LogP contribution is -2.36. The van der Waals surface area contributed by atoms with Crippen molar-refractivity contribution in [2.45, 2.75) is 44.6 Å². The van der Waals surface area contributed by atoms with Crippen LogP contribution in [0.4, 0.5) is 0 Å². The van der Waals surface area contributed by atoms with Crippen molar-refractivity contribution in [1.82, 2.24) is 23.5 Å². The molecule has 3 aromatic rings. The Balaban J connectivity index is 1.67. The molecule has 4 heterocycles. The summed E-state index contributed by atoms with van der Waals surface area (Å²) in [5, 5.41) is 5.12. The third-order valence-electron chi connectivity index (χ3n) is 5.00. The summed E-state index contributed by atoms with van der Waals surface area (Å²) in [6.07, 6.45) is 6.59. The molecule has 0 aromatic carbocycles. The Morgan fingerprint density at radius 3 is 2.59 bits per heavy atom. The van der Waals surface area contributed by atoms with Gasteiger partial charge < -0.3 is 4.40 Å². The molecule has 0 aliphatic carbocycles. The number of rotatable bonds is 4. The maximum absolute atomic E-state index is 13.1. The van der Waals surface area contributed by atoms with Gasteiger partial charge in [-0.05, 0) is 38.8 Å². The van der Waals surface area contributed by atoms with Gasteiger partial charge in [0.05, 0.1) is 28.6 Å². The van der Waals surface area contributed by atoms with Crippen molar-refractivity contribution in [3.8, 4) is 0 Å². The van der Waals surface area contributed by atoms with E-state index in [9.17, 15) is 8.42 Å². The molecule has 0 saturated carbocycles. The molecule has 1 aliphatic rings. The highest BCUT2D eigenvalue weighted by Gasteiger charge is 2.31. The average molecular weight is 408 g/mol. The van der Waals surface area contributed by atoms with Gasteiger partial charge in [0.2, 0.25) is 10.0 Å². The van der Waals surface area contributed by atoms with Crippen LogP contribution in [0.1, 0.15) is 36.3 Å². The third kappa shape index (κ3) is 3.37. The predicted octanol–water partition coefficient (Wildman–Crippen LogP) is 3.02. The van der Waals surface area contributed by atoms with E-state index in [1.807, 2.05) is 23.6 Å². The number of hydrogen-bond acceptors (Lipinski definition) is 4. The molecule has 3 aromatic heterocycles. The van der Waals surface area contributed by atoms with Crippen molar-refractivity contribution in [2.75, 3.05) is 13.1 Å². The Kier molecular flexibility index (Phi) is 4.73. The first kappa shape index (κ1) is 18.5. The summed E-state index contributed by atoms with van der Waals surface area (Å²) in [6, 6.07) is 3.64. The molecule has 4 rings (SSSR count). The van der Waals surface area contributed by atoms with Crippen LogP contribution in [0, 0.1) is 13.8 Å². The van der Waals surface area contributed by atoms with Crippen LogP contribution in [0.15, 0.2) is 29.4 Å². The molecule has 0 N–H and O–H groups in total. The van der Waals surface area contributed by atoms with Crippen molar-refractivity contribution in [1.29, 1.82) is 0 Å². The van der Waals surface area contributed by atoms with Gasteiger partial charge in [-0.2, -0.15) is 9.40 Å². The number of aromatic nitrogens is 4. The molecule has 144 valence electrons. The molecule has 7 nitrogen and oxygen atoms in total. The fourth-order valence-corrected chi connectivity index (χ4v) is 5.75. The molecule has 0 atom stereocenters. The van der Waals surface area contributed by atoms with E-state index < -0.39 is 10.0 Å². The minimum atomic E-state index is -3.52. The van der Waals surface area contributed by atoms with Crippen molar-refractivity contribution in [2.24, 2.45) is 0 Å². The average Bonchev–Trinajstić information content (AvgIpc) is 3.15. The first-order valence-electron chi connectivity index (χ1n) is 9.03. The summed E-state index contributed by atoms with van der Waals surface area (Å²) >= 11 is 6.02. The van der Waals surface area contributed by atoms with Crippen LogP contribution >= 0.6 is 11.6 Å². The number of hydrogen-bond donors (Lipinski definition) is 0. The molecule has 1 fully saturated rings. The molecular formula is C18H22ClN5O2S. The van der Waals surface area contributed by atoms with Crippen LogP contribution in [-0.2, 0) is 16.6 Å². The summed E-state index contributed by atoms with van der Waals surface area (Å²) in [6.45, 7) is 5.13. The molecule has 0 spiro atoms. The van der Waals surface area contributed by atoms with E-state index in [4.69, 9.17) is 11.6 Å². The predicted molar refractivity (Wildman–Crippen MR) is 104 cm³/mol. The zero-order valence-electron chi connectivity index (χ0n) is 15.4. The highest BCUT2D eigenvalue weighted by atomic mass is 35.5. The van der Waals surface area contributed by atoms with Gasteiger partial charge >= 0.3 is 0 Å². The van der Waals surface area contributed by atoms with Gasteiger partial charge in [0, 0.05) is 25.5 Å². The van der Waals surface area contributed by atoms with Crippen LogP contribution in [0.3, 0.4) is 0 Å². The maximum Gasteiger partial charge on any atom is 0.246 e. The largest absolute Gasteiger partial charge is 0.305 e. The lowest BCUT2D eigenvalue weighted by molar-refractivity contribution is 0.346. The minimum absolute atomic E-state index is 0.330. The van der Waals surface area contributed by atoms with Crippen LogP contribution in [-0.4, -0.2) is 45.0 Å². The van der Waals surface area contributed by atoms with Gasteiger partial charge in [0.15, 0.2) is 0 Å². The zero-order valence-corrected chi connectivity index (χ0v) is 17.0. The van der Waals surface area contributed by atoms with Gasteiger partial charge in [-0.1, -0.05) is 18.0 Å². The molecule has 1 aliphatic heterocycles. The standard InChI is InChI=1S/C18H22ClN5O2S/c1-13-18(27(25,26)23-8-4-3-5-9-23)14(2)24(21-13)12-16-11-22-10-15(19)6-7-17(22)20-16/h6-7,10-11H,3-5,8-9,12H2,1-2H3. The van der Waals surface area contributed by atoms with Gasteiger partial charge in [0.1, 0.15) is 10.5 Å². The summed E-state index contributed by atoms with van der Waals surface area (Å²) in [5.41, 5.74) is 2.76. The fourth-order valence-electron chi connectivity index (χ4n) is 3.69. The molecule has 0 bridgehead atoms. The number of imidazole rings is 1. The van der Waals surface area contributed by atoms with Crippen LogP contribution in [0.5, 0.6) is 0 Å². The summed E-state index contributed by atoms with van der Waals surface area (Å²) in [5.74, 6) is 0. The van der Waals surface area contributed by atoms with Crippen LogP contribution in [0.25, 0.3) is 5.65 Å². The van der Waals surface area contributed by atoms with E-state index in [1.54, 1.807) is 28.2 Å². The van der Waals surface area contributed by atoms with Crippen LogP contribution < -0.4 is 0 Å². The highest BCUT2D eigenvalue weighted by molar-refractivity contribution is 7.89. The Hall–Kier alpha value is -1.90. The second-order valence-electron chi connectivity index (χ2n) is 6.97. The number of aryl methyl sites for hydroxylation is 1. The number of piperidine rings is 1. The summed E-state index contributed by atoms with van der Waals surface area (Å²) in [4.78, 5) is 4.89. The van der Waals surface area contributed by atoms with E-state index in [2.05, 4.69) is 10.1 Å². The molecule has 0 unspecified atom stereocenters. The third-order valence-corrected chi connectivity index (χ3v) is 7.38. The van der Waals surface area contributed by atoms with Gasteiger partial charge in [-0.25, -0.2) is 13.4 Å². The Bertz CT molecular complexity index is 1100. The Morgan fingerprint density at radius 1 is 1.11 bits per heavy atom. The second kappa shape index (κ2) is 6.92. The van der Waals surface area contributed by atoms with E-state index >= 15 is 0 Å². The van der Waals surface area contributed by atoms with Crippen molar-refractivity contribution in [3.63, 3.8) is 0 Å². The van der Waals surface area contributed by atoms with E-state index in [-0.39, 0.29) is 0 Å². The first-order chi connectivity index (χ1) is 12.9. The fraction of sp³-hybridized carbons (Fsp3) is 0.444. The lowest BCUT2D eigenvalue weighted by atomic mass is 10.2. The van der Waals surface area contributed by atoms with E-state index in [0.717, 1.165) is 30.6 Å². The molecule has 0 radical (unpaired) electrons. The molecule has 27 heavy (non-hydrogen) atoms. The number of halogens is 1. The highest BCUT2D eigenvalue weighted by Crippen LogP contribution is 2.26. The van der Waals surface area contributed by atoms with Crippen molar-refractivity contribution in [3.05, 3.63) is 46.6 Å². The molecule has 0 amide bonds. The smallest absolute Gasteiger partial charge is 0.246 e. The number of sulfonamides is 1. The maximum atomic E-state index is 13.1. The Labute approximate surface area is 163 Å². The van der Waals surface area contributed by atoms with Crippen LogP contribution in [0.2, 0.25) is 5.02 Å². The number of fused-ring (bicyclic) bond motifs is 1. The number of pyridine rings is 1. The normalized spacial score (nSPS) is 16.3. The van der Waals surface area contributed by atoms with E-state index in [1.165, 1.54) is 0 Å². The molecule has 9 heteroatoms. The van der Waals surface area contributed by atoms with Crippen molar-refractivity contribution >= 4 is 27.3 Å². The summed E-state index contributed by atoms with van der Waals surface area (Å²) < 4.78 is 31.4. The van der Waals surface area contributed by atoms with Gasteiger partial charge in [0.25, 0.3) is 0 Å². The van der Waals surface area contributed by atoms with Gasteiger partial charge in [-0.15, -0.1) is 0 Å². The Morgan fingerprint density at radius 2 is 1.85 bits per heavy atom. The van der Waals surface area contributed by atoms with E-state index in [0.29, 0.717) is 40.9 Å². The quantitative estimate of drug-likeness (QED) is 0.666. The molecule has 1 saturated heterocycles. The number of nitrogens with zero attached hydrogens (tertiary/aromatic N) is 5. The minimum Gasteiger partial charge on any atom is -0.305 e. The first-order valence-corrected chi connectivity index (χ1v) is 10.9. The van der Waals surface area contributed by atoms with Gasteiger partial charge in [-0.3, -0.25) is 4.68 Å². The molecular weight excluding hydrogens is 386 g/mol. The SMILES string of the molecule is Cc1nn(Cc2cn3cc(Cl)ccc3n2)c(C)c1S(=O)(=O)N1CCCCC1. The van der Waals surface area contributed by atoms with Crippen molar-refractivity contribution < 1.29 is 8.42 Å².